The van der Waals surface area contributed by atoms with E-state index in [1.807, 2.05) is 0 Å². The summed E-state index contributed by atoms with van der Waals surface area (Å²) < 4.78 is 23.8. The van der Waals surface area contributed by atoms with Gasteiger partial charge in [0.15, 0.2) is 11.5 Å². The summed E-state index contributed by atoms with van der Waals surface area (Å²) in [7, 11) is 1.41. The lowest BCUT2D eigenvalue weighted by Crippen LogP contribution is -2.17. The minimum Gasteiger partial charge on any atom is -0.493 e. The van der Waals surface area contributed by atoms with E-state index >= 15 is 0 Å². The van der Waals surface area contributed by atoms with Crippen molar-refractivity contribution in [3.8, 4) is 11.5 Å². The average molecular weight is 461 g/mol. The normalized spacial score (nSPS) is 10.7. The number of hydrazone groups is 1. The van der Waals surface area contributed by atoms with Crippen LogP contribution in [0.5, 0.6) is 11.5 Å². The molecule has 0 bridgehead atoms. The zero-order valence-corrected chi connectivity index (χ0v) is 17.6. The largest absolute Gasteiger partial charge is 0.493 e. The van der Waals surface area contributed by atoms with Gasteiger partial charge in [-0.1, -0.05) is 29.3 Å². The van der Waals surface area contributed by atoms with Crippen molar-refractivity contribution in [3.63, 3.8) is 0 Å². The highest BCUT2D eigenvalue weighted by atomic mass is 35.5. The van der Waals surface area contributed by atoms with Crippen LogP contribution in [-0.2, 0) is 0 Å². The number of nitrogens with zero attached hydrogens (tertiary/aromatic N) is 1. The minimum atomic E-state index is -0.677. The molecular weight excluding hydrogens is 446 g/mol. The molecule has 0 spiro atoms. The van der Waals surface area contributed by atoms with Gasteiger partial charge in [0.1, 0.15) is 5.82 Å². The summed E-state index contributed by atoms with van der Waals surface area (Å²) in [4.78, 5) is 24.4. The smallest absolute Gasteiger partial charge is 0.345 e. The summed E-state index contributed by atoms with van der Waals surface area (Å²) in [6.45, 7) is 0. The monoisotopic (exact) mass is 460 g/mol. The van der Waals surface area contributed by atoms with Crippen molar-refractivity contribution in [2.45, 2.75) is 0 Å². The molecule has 158 valence electrons. The molecule has 0 atom stereocenters. The number of nitrogens with one attached hydrogen (secondary N) is 1. The van der Waals surface area contributed by atoms with Crippen molar-refractivity contribution in [2.75, 3.05) is 7.11 Å². The maximum absolute atomic E-state index is 13.2. The van der Waals surface area contributed by atoms with Gasteiger partial charge >= 0.3 is 5.97 Å². The summed E-state index contributed by atoms with van der Waals surface area (Å²) in [5.74, 6) is -1.33. The molecule has 0 heterocycles. The molecule has 0 fully saturated rings. The van der Waals surface area contributed by atoms with Gasteiger partial charge < -0.3 is 9.47 Å². The number of amides is 1. The molecule has 0 aliphatic heterocycles. The molecule has 0 saturated carbocycles. The van der Waals surface area contributed by atoms with E-state index in [1.54, 1.807) is 12.1 Å². The van der Waals surface area contributed by atoms with Crippen molar-refractivity contribution in [1.82, 2.24) is 5.43 Å². The Balaban J connectivity index is 1.70. The third-order valence-electron chi connectivity index (χ3n) is 4.01. The Morgan fingerprint density at radius 3 is 2.55 bits per heavy atom. The first kappa shape index (κ1) is 22.3. The predicted octanol–water partition coefficient (Wildman–Crippen LogP) is 5.12. The standard InChI is InChI=1S/C22H15Cl2FN2O4/c1-30-20-9-13(12-26-27-21(28)14-3-2-4-16(25)10-14)5-8-19(20)31-22(29)17-7-6-15(23)11-18(17)24/h2-12H,1H3,(H,27,28)/b26-12+. The highest BCUT2D eigenvalue weighted by Crippen LogP contribution is 2.29. The van der Waals surface area contributed by atoms with E-state index in [4.69, 9.17) is 32.7 Å². The van der Waals surface area contributed by atoms with Crippen LogP contribution >= 0.6 is 23.2 Å². The van der Waals surface area contributed by atoms with Gasteiger partial charge in [0.25, 0.3) is 5.91 Å². The van der Waals surface area contributed by atoms with Crippen molar-refractivity contribution in [3.05, 3.63) is 93.2 Å². The van der Waals surface area contributed by atoms with Gasteiger partial charge in [0.2, 0.25) is 0 Å². The number of methoxy groups -OCH3 is 1. The first-order valence-electron chi connectivity index (χ1n) is 8.81. The number of rotatable bonds is 6. The van der Waals surface area contributed by atoms with Crippen LogP contribution in [0.4, 0.5) is 4.39 Å². The van der Waals surface area contributed by atoms with Gasteiger partial charge in [0.05, 0.1) is 23.9 Å². The van der Waals surface area contributed by atoms with E-state index in [0.717, 1.165) is 6.07 Å². The molecule has 0 unspecified atom stereocenters. The summed E-state index contributed by atoms with van der Waals surface area (Å²) in [5, 5.41) is 4.40. The second-order valence-electron chi connectivity index (χ2n) is 6.13. The Morgan fingerprint density at radius 1 is 1.03 bits per heavy atom. The number of hydrogen-bond acceptors (Lipinski definition) is 5. The Bertz CT molecular complexity index is 1170. The second-order valence-corrected chi connectivity index (χ2v) is 6.98. The molecular formula is C22H15Cl2FN2O4. The number of carbonyl (C=O) groups excluding carboxylic acids is 2. The lowest BCUT2D eigenvalue weighted by Gasteiger charge is -2.10. The first-order chi connectivity index (χ1) is 14.9. The molecule has 1 amide bonds. The Morgan fingerprint density at radius 2 is 1.84 bits per heavy atom. The van der Waals surface area contributed by atoms with Crippen LogP contribution in [0.25, 0.3) is 0 Å². The van der Waals surface area contributed by atoms with Crippen molar-refractivity contribution in [2.24, 2.45) is 5.10 Å². The van der Waals surface area contributed by atoms with E-state index in [0.29, 0.717) is 10.6 Å². The quantitative estimate of drug-likeness (QED) is 0.239. The maximum atomic E-state index is 13.2. The van der Waals surface area contributed by atoms with Crippen LogP contribution in [0, 0.1) is 5.82 Å². The number of halogens is 3. The maximum Gasteiger partial charge on any atom is 0.345 e. The fourth-order valence-corrected chi connectivity index (χ4v) is 3.00. The highest BCUT2D eigenvalue weighted by molar-refractivity contribution is 6.36. The van der Waals surface area contributed by atoms with Crippen LogP contribution in [0.2, 0.25) is 10.0 Å². The molecule has 3 aromatic rings. The molecule has 0 radical (unpaired) electrons. The summed E-state index contributed by atoms with van der Waals surface area (Å²) in [5.41, 5.74) is 3.15. The molecule has 3 aromatic carbocycles. The molecule has 0 aliphatic carbocycles. The molecule has 6 nitrogen and oxygen atoms in total. The van der Waals surface area contributed by atoms with Gasteiger partial charge in [0, 0.05) is 10.6 Å². The van der Waals surface area contributed by atoms with Crippen LogP contribution in [0.1, 0.15) is 26.3 Å². The second kappa shape index (κ2) is 10.1. The van der Waals surface area contributed by atoms with Gasteiger partial charge in [-0.05, 0) is 60.2 Å². The van der Waals surface area contributed by atoms with Crippen molar-refractivity contribution < 1.29 is 23.5 Å². The van der Waals surface area contributed by atoms with Gasteiger partial charge in [-0.15, -0.1) is 0 Å². The van der Waals surface area contributed by atoms with E-state index in [9.17, 15) is 14.0 Å². The minimum absolute atomic E-state index is 0.137. The van der Waals surface area contributed by atoms with Crippen LogP contribution in [0.15, 0.2) is 65.8 Å². The van der Waals surface area contributed by atoms with E-state index < -0.39 is 17.7 Å². The Kier molecular flexibility index (Phi) is 7.23. The molecule has 3 rings (SSSR count). The number of carbonyl (C=O) groups is 2. The molecule has 0 aromatic heterocycles. The zero-order chi connectivity index (χ0) is 22.4. The Hall–Kier alpha value is -3.42. The summed E-state index contributed by atoms with van der Waals surface area (Å²) >= 11 is 11.9. The van der Waals surface area contributed by atoms with E-state index in [1.165, 1.54) is 55.8 Å². The fourth-order valence-electron chi connectivity index (χ4n) is 2.52. The Labute approximate surface area is 187 Å². The lowest BCUT2D eigenvalue weighted by atomic mass is 10.2. The van der Waals surface area contributed by atoms with E-state index in [-0.39, 0.29) is 27.6 Å². The van der Waals surface area contributed by atoms with Gasteiger partial charge in [-0.25, -0.2) is 14.6 Å². The van der Waals surface area contributed by atoms with Crippen molar-refractivity contribution >= 4 is 41.3 Å². The fraction of sp³-hybridized carbons (Fsp3) is 0.0455. The third kappa shape index (κ3) is 5.81. The van der Waals surface area contributed by atoms with Crippen LogP contribution in [-0.4, -0.2) is 25.2 Å². The topological polar surface area (TPSA) is 77.0 Å². The number of esters is 1. The van der Waals surface area contributed by atoms with Crippen molar-refractivity contribution in [1.29, 1.82) is 0 Å². The average Bonchev–Trinajstić information content (AvgIpc) is 2.74. The first-order valence-corrected chi connectivity index (χ1v) is 9.57. The zero-order valence-electron chi connectivity index (χ0n) is 16.1. The number of hydrogen-bond donors (Lipinski definition) is 1. The predicted molar refractivity (Wildman–Crippen MR) is 116 cm³/mol. The number of ether oxygens (including phenoxy) is 2. The summed E-state index contributed by atoms with van der Waals surface area (Å²) in [6, 6.07) is 14.3. The van der Waals surface area contributed by atoms with Gasteiger partial charge in [-0.3, -0.25) is 4.79 Å². The third-order valence-corrected chi connectivity index (χ3v) is 4.56. The van der Waals surface area contributed by atoms with E-state index in [2.05, 4.69) is 10.5 Å². The SMILES string of the molecule is COc1cc(/C=N/NC(=O)c2cccc(F)c2)ccc1OC(=O)c1ccc(Cl)cc1Cl. The molecule has 0 aliphatic rings. The lowest BCUT2D eigenvalue weighted by molar-refractivity contribution is 0.0729. The molecule has 1 N–H and O–H groups in total. The van der Waals surface area contributed by atoms with Gasteiger partial charge in [-0.2, -0.15) is 5.10 Å². The summed E-state index contributed by atoms with van der Waals surface area (Å²) in [6.07, 6.45) is 1.36. The van der Waals surface area contributed by atoms with Crippen LogP contribution in [0.3, 0.4) is 0 Å². The van der Waals surface area contributed by atoms with Crippen LogP contribution < -0.4 is 14.9 Å². The number of benzene rings is 3. The molecule has 31 heavy (non-hydrogen) atoms. The molecule has 9 heteroatoms. The molecule has 0 saturated heterocycles. The highest BCUT2D eigenvalue weighted by Gasteiger charge is 2.16.